The summed E-state index contributed by atoms with van der Waals surface area (Å²) in [4.78, 5) is 0. The van der Waals surface area contributed by atoms with Crippen LogP contribution in [-0.2, 0) is 14.6 Å². The minimum absolute atomic E-state index is 0.105. The molecule has 1 aliphatic heterocycles. The zero-order chi connectivity index (χ0) is 15.1. The normalized spacial score (nSPS) is 19.4. The summed E-state index contributed by atoms with van der Waals surface area (Å²) in [7, 11) is -2.88. The van der Waals surface area contributed by atoms with E-state index in [2.05, 4.69) is 19.2 Å². The molecule has 0 spiro atoms. The van der Waals surface area contributed by atoms with Crippen LogP contribution in [-0.4, -0.2) is 46.2 Å². The van der Waals surface area contributed by atoms with Crippen molar-refractivity contribution in [3.63, 3.8) is 0 Å². The molecule has 1 saturated heterocycles. The smallest absolute Gasteiger partial charge is 0.150 e. The van der Waals surface area contributed by atoms with Crippen LogP contribution in [0.15, 0.2) is 0 Å². The standard InChI is InChI=1S/C15H31NO3S/c1-4-10-20(17,18)11-7-15(5-8-19-9-6-15)13-16-12-14(2)3/h14,16H,4-13H2,1-3H3. The maximum Gasteiger partial charge on any atom is 0.150 e. The van der Waals surface area contributed by atoms with Gasteiger partial charge in [0.25, 0.3) is 0 Å². The second kappa shape index (κ2) is 8.35. The molecule has 0 saturated carbocycles. The van der Waals surface area contributed by atoms with Gasteiger partial charge in [-0.1, -0.05) is 20.8 Å². The third kappa shape index (κ3) is 6.55. The third-order valence-electron chi connectivity index (χ3n) is 4.06. The Morgan fingerprint density at radius 2 is 1.85 bits per heavy atom. The second-order valence-corrected chi connectivity index (χ2v) is 8.84. The predicted octanol–water partition coefficient (Wildman–Crippen LogP) is 2.24. The summed E-state index contributed by atoms with van der Waals surface area (Å²) < 4.78 is 29.3. The van der Waals surface area contributed by atoms with Crippen molar-refractivity contribution < 1.29 is 13.2 Å². The van der Waals surface area contributed by atoms with Gasteiger partial charge in [-0.15, -0.1) is 0 Å². The molecular formula is C15H31NO3S. The minimum Gasteiger partial charge on any atom is -0.381 e. The zero-order valence-electron chi connectivity index (χ0n) is 13.3. The molecule has 0 radical (unpaired) electrons. The fourth-order valence-corrected chi connectivity index (χ4v) is 4.30. The van der Waals surface area contributed by atoms with Crippen LogP contribution in [0.2, 0.25) is 0 Å². The summed E-state index contributed by atoms with van der Waals surface area (Å²) in [5.74, 6) is 1.26. The Labute approximate surface area is 124 Å². The van der Waals surface area contributed by atoms with Gasteiger partial charge < -0.3 is 10.1 Å². The topological polar surface area (TPSA) is 55.4 Å². The number of sulfone groups is 1. The van der Waals surface area contributed by atoms with Crippen LogP contribution >= 0.6 is 0 Å². The highest BCUT2D eigenvalue weighted by molar-refractivity contribution is 7.91. The van der Waals surface area contributed by atoms with Crippen LogP contribution in [0.4, 0.5) is 0 Å². The summed E-state index contributed by atoms with van der Waals surface area (Å²) in [6, 6.07) is 0. The first-order chi connectivity index (χ1) is 9.39. The van der Waals surface area contributed by atoms with E-state index in [0.717, 1.165) is 45.6 Å². The van der Waals surface area contributed by atoms with Gasteiger partial charge in [0.1, 0.15) is 9.84 Å². The summed E-state index contributed by atoms with van der Waals surface area (Å²) in [6.07, 6.45) is 3.42. The molecular weight excluding hydrogens is 274 g/mol. The molecule has 1 rings (SSSR count). The van der Waals surface area contributed by atoms with Crippen molar-refractivity contribution >= 4 is 9.84 Å². The lowest BCUT2D eigenvalue weighted by Crippen LogP contribution is -2.41. The minimum atomic E-state index is -2.88. The first-order valence-corrected chi connectivity index (χ1v) is 9.70. The van der Waals surface area contributed by atoms with Gasteiger partial charge in [-0.3, -0.25) is 0 Å². The fourth-order valence-electron chi connectivity index (χ4n) is 2.73. The Balaban J connectivity index is 2.54. The van der Waals surface area contributed by atoms with E-state index in [-0.39, 0.29) is 5.41 Å². The monoisotopic (exact) mass is 305 g/mol. The second-order valence-electron chi connectivity index (χ2n) is 6.54. The Bertz CT molecular complexity index is 359. The molecule has 5 heteroatoms. The van der Waals surface area contributed by atoms with Gasteiger partial charge in [-0.25, -0.2) is 8.42 Å². The van der Waals surface area contributed by atoms with Crippen molar-refractivity contribution in [3.8, 4) is 0 Å². The lowest BCUT2D eigenvalue weighted by Gasteiger charge is -2.37. The van der Waals surface area contributed by atoms with Crippen molar-refractivity contribution in [1.29, 1.82) is 0 Å². The van der Waals surface area contributed by atoms with Crippen molar-refractivity contribution in [3.05, 3.63) is 0 Å². The average Bonchev–Trinajstić information content (AvgIpc) is 2.37. The molecule has 0 aromatic rings. The molecule has 0 bridgehead atoms. The van der Waals surface area contributed by atoms with E-state index in [1.165, 1.54) is 0 Å². The van der Waals surface area contributed by atoms with Gasteiger partial charge in [0, 0.05) is 25.5 Å². The molecule has 0 aliphatic carbocycles. The number of ether oxygens (including phenoxy) is 1. The van der Waals surface area contributed by atoms with Crippen molar-refractivity contribution in [2.24, 2.45) is 11.3 Å². The molecule has 0 unspecified atom stereocenters. The highest BCUT2D eigenvalue weighted by atomic mass is 32.2. The van der Waals surface area contributed by atoms with Crippen molar-refractivity contribution in [2.75, 3.05) is 37.8 Å². The zero-order valence-corrected chi connectivity index (χ0v) is 14.1. The van der Waals surface area contributed by atoms with Crippen LogP contribution in [0.5, 0.6) is 0 Å². The summed E-state index contributed by atoms with van der Waals surface area (Å²) in [5.41, 5.74) is 0.105. The van der Waals surface area contributed by atoms with Gasteiger partial charge in [-0.2, -0.15) is 0 Å². The van der Waals surface area contributed by atoms with Crippen LogP contribution < -0.4 is 5.32 Å². The van der Waals surface area contributed by atoms with Crippen LogP contribution in [0.25, 0.3) is 0 Å². The van der Waals surface area contributed by atoms with E-state index in [0.29, 0.717) is 23.8 Å². The molecule has 20 heavy (non-hydrogen) atoms. The van der Waals surface area contributed by atoms with Crippen LogP contribution in [0, 0.1) is 11.3 Å². The molecule has 1 N–H and O–H groups in total. The first-order valence-electron chi connectivity index (χ1n) is 7.88. The number of hydrogen-bond donors (Lipinski definition) is 1. The third-order valence-corrected chi connectivity index (χ3v) is 5.92. The maximum atomic E-state index is 11.9. The SMILES string of the molecule is CCCS(=O)(=O)CCC1(CNCC(C)C)CCOCC1. The van der Waals surface area contributed by atoms with Crippen LogP contribution in [0.1, 0.15) is 46.5 Å². The van der Waals surface area contributed by atoms with E-state index >= 15 is 0 Å². The highest BCUT2D eigenvalue weighted by Gasteiger charge is 2.33. The summed E-state index contributed by atoms with van der Waals surface area (Å²) in [5, 5.41) is 3.51. The van der Waals surface area contributed by atoms with Gasteiger partial charge in [-0.05, 0) is 43.6 Å². The highest BCUT2D eigenvalue weighted by Crippen LogP contribution is 2.34. The number of hydrogen-bond acceptors (Lipinski definition) is 4. The van der Waals surface area contributed by atoms with Gasteiger partial charge in [0.2, 0.25) is 0 Å². The first kappa shape index (κ1) is 17.9. The van der Waals surface area contributed by atoms with Gasteiger partial charge in [0.15, 0.2) is 0 Å². The largest absolute Gasteiger partial charge is 0.381 e. The fraction of sp³-hybridized carbons (Fsp3) is 1.00. The molecule has 0 atom stereocenters. The van der Waals surface area contributed by atoms with E-state index < -0.39 is 9.84 Å². The molecule has 4 nitrogen and oxygen atoms in total. The Hall–Kier alpha value is -0.130. The van der Waals surface area contributed by atoms with Crippen molar-refractivity contribution in [2.45, 2.75) is 46.5 Å². The van der Waals surface area contributed by atoms with Gasteiger partial charge in [0.05, 0.1) is 5.75 Å². The van der Waals surface area contributed by atoms with E-state index in [4.69, 9.17) is 4.74 Å². The lowest BCUT2D eigenvalue weighted by atomic mass is 9.77. The average molecular weight is 305 g/mol. The Morgan fingerprint density at radius 3 is 2.40 bits per heavy atom. The Kier molecular flexibility index (Phi) is 7.48. The van der Waals surface area contributed by atoms with E-state index in [1.54, 1.807) is 0 Å². The Morgan fingerprint density at radius 1 is 1.20 bits per heavy atom. The molecule has 0 aromatic heterocycles. The quantitative estimate of drug-likeness (QED) is 0.710. The molecule has 120 valence electrons. The van der Waals surface area contributed by atoms with E-state index in [9.17, 15) is 8.42 Å². The molecule has 1 fully saturated rings. The maximum absolute atomic E-state index is 11.9. The molecule has 1 heterocycles. The van der Waals surface area contributed by atoms with Crippen molar-refractivity contribution in [1.82, 2.24) is 5.32 Å². The summed E-state index contributed by atoms with van der Waals surface area (Å²) >= 11 is 0. The van der Waals surface area contributed by atoms with Crippen LogP contribution in [0.3, 0.4) is 0 Å². The van der Waals surface area contributed by atoms with Gasteiger partial charge >= 0.3 is 0 Å². The lowest BCUT2D eigenvalue weighted by molar-refractivity contribution is 0.0130. The molecule has 1 aliphatic rings. The molecule has 0 aromatic carbocycles. The number of rotatable bonds is 9. The predicted molar refractivity (Wildman–Crippen MR) is 83.8 cm³/mol. The number of nitrogens with one attached hydrogen (secondary N) is 1. The van der Waals surface area contributed by atoms with E-state index in [1.807, 2.05) is 6.92 Å². The summed E-state index contributed by atoms with van der Waals surface area (Å²) in [6.45, 7) is 9.73. The molecule has 0 amide bonds.